The lowest BCUT2D eigenvalue weighted by Gasteiger charge is -2.20. The molecule has 0 radical (unpaired) electrons. The molecule has 0 aromatic heterocycles. The fourth-order valence-corrected chi connectivity index (χ4v) is 2.69. The summed E-state index contributed by atoms with van der Waals surface area (Å²) >= 11 is 0. The quantitative estimate of drug-likeness (QED) is 0.704. The Kier molecular flexibility index (Phi) is 4.06. The first-order valence-corrected chi connectivity index (χ1v) is 6.44. The van der Waals surface area contributed by atoms with E-state index in [0.29, 0.717) is 5.92 Å². The molecule has 0 spiro atoms. The highest BCUT2D eigenvalue weighted by Crippen LogP contribution is 2.23. The van der Waals surface area contributed by atoms with E-state index in [4.69, 9.17) is 4.74 Å². The molecule has 0 bridgehead atoms. The summed E-state index contributed by atoms with van der Waals surface area (Å²) in [7, 11) is 1.44. The average Bonchev–Trinajstić information content (AvgIpc) is 2.92. The van der Waals surface area contributed by atoms with Gasteiger partial charge in [0.2, 0.25) is 0 Å². The summed E-state index contributed by atoms with van der Waals surface area (Å²) in [5.41, 5.74) is 0. The molecule has 2 amide bonds. The minimum Gasteiger partial charge on any atom is -0.469 e. The highest BCUT2D eigenvalue weighted by atomic mass is 16.5. The van der Waals surface area contributed by atoms with Gasteiger partial charge in [0.05, 0.1) is 13.0 Å². The first kappa shape index (κ1) is 13.1. The van der Waals surface area contributed by atoms with Crippen molar-refractivity contribution in [1.82, 2.24) is 15.1 Å². The minimum atomic E-state index is -0.121. The van der Waals surface area contributed by atoms with Gasteiger partial charge in [-0.3, -0.25) is 4.79 Å². The Labute approximate surface area is 107 Å². The third kappa shape index (κ3) is 2.75. The molecule has 0 aromatic carbocycles. The van der Waals surface area contributed by atoms with Crippen molar-refractivity contribution in [3.63, 3.8) is 0 Å². The molecule has 2 aliphatic rings. The normalized spacial score (nSPS) is 28.6. The van der Waals surface area contributed by atoms with Gasteiger partial charge in [-0.05, 0) is 5.92 Å². The summed E-state index contributed by atoms with van der Waals surface area (Å²) in [5.74, 6) is 0.177. The van der Waals surface area contributed by atoms with E-state index in [0.717, 1.165) is 39.3 Å². The van der Waals surface area contributed by atoms with Gasteiger partial charge in [-0.15, -0.1) is 0 Å². The van der Waals surface area contributed by atoms with Crippen LogP contribution in [-0.4, -0.2) is 68.2 Å². The molecule has 2 aliphatic heterocycles. The van der Waals surface area contributed by atoms with Crippen LogP contribution >= 0.6 is 0 Å². The van der Waals surface area contributed by atoms with Crippen LogP contribution in [0.2, 0.25) is 0 Å². The minimum absolute atomic E-state index is 0.0202. The number of nitrogens with one attached hydrogen (secondary N) is 1. The second-order valence-electron chi connectivity index (χ2n) is 5.09. The number of rotatable bonds is 4. The molecule has 2 atom stereocenters. The summed E-state index contributed by atoms with van der Waals surface area (Å²) in [6, 6.07) is 0.0202. The lowest BCUT2D eigenvalue weighted by Crippen LogP contribution is -2.36. The number of esters is 1. The van der Waals surface area contributed by atoms with Crippen LogP contribution in [0.4, 0.5) is 4.79 Å². The largest absolute Gasteiger partial charge is 0.469 e. The van der Waals surface area contributed by atoms with Gasteiger partial charge in [0, 0.05) is 39.3 Å². The SMILES string of the molecule is COC(=O)C1CN(CCN2CCNC2=O)CC1C. The molecule has 6 nitrogen and oxygen atoms in total. The lowest BCUT2D eigenvalue weighted by atomic mass is 9.99. The zero-order valence-electron chi connectivity index (χ0n) is 11.0. The van der Waals surface area contributed by atoms with Gasteiger partial charge < -0.3 is 19.9 Å². The van der Waals surface area contributed by atoms with E-state index in [1.165, 1.54) is 7.11 Å². The van der Waals surface area contributed by atoms with Crippen LogP contribution in [-0.2, 0) is 9.53 Å². The molecule has 2 heterocycles. The highest BCUT2D eigenvalue weighted by Gasteiger charge is 2.35. The molecule has 2 unspecified atom stereocenters. The van der Waals surface area contributed by atoms with Crippen LogP contribution in [0.15, 0.2) is 0 Å². The molecule has 1 N–H and O–H groups in total. The zero-order chi connectivity index (χ0) is 13.1. The Morgan fingerprint density at radius 1 is 1.44 bits per heavy atom. The highest BCUT2D eigenvalue weighted by molar-refractivity contribution is 5.76. The fourth-order valence-electron chi connectivity index (χ4n) is 2.69. The van der Waals surface area contributed by atoms with Crippen molar-refractivity contribution in [2.75, 3.05) is 46.4 Å². The van der Waals surface area contributed by atoms with Crippen molar-refractivity contribution < 1.29 is 14.3 Å². The van der Waals surface area contributed by atoms with Crippen LogP contribution in [0.3, 0.4) is 0 Å². The molecule has 0 aromatic rings. The standard InChI is InChI=1S/C12H21N3O3/c1-9-7-14(8-10(9)11(16)18-2)5-6-15-4-3-13-12(15)17/h9-10H,3-8H2,1-2H3,(H,13,17). The molecule has 102 valence electrons. The second-order valence-corrected chi connectivity index (χ2v) is 5.09. The number of amides is 2. The molecular weight excluding hydrogens is 234 g/mol. The van der Waals surface area contributed by atoms with Crippen LogP contribution in [0.25, 0.3) is 0 Å². The zero-order valence-corrected chi connectivity index (χ0v) is 11.0. The number of urea groups is 1. The number of methoxy groups -OCH3 is 1. The van der Waals surface area contributed by atoms with E-state index in [9.17, 15) is 9.59 Å². The van der Waals surface area contributed by atoms with Gasteiger partial charge >= 0.3 is 12.0 Å². The van der Waals surface area contributed by atoms with Crippen molar-refractivity contribution >= 4 is 12.0 Å². The maximum Gasteiger partial charge on any atom is 0.317 e. The number of carbonyl (C=O) groups is 2. The Balaban J connectivity index is 1.78. The van der Waals surface area contributed by atoms with Gasteiger partial charge in [0.15, 0.2) is 0 Å². The van der Waals surface area contributed by atoms with Crippen molar-refractivity contribution in [2.24, 2.45) is 11.8 Å². The Bertz CT molecular complexity index is 335. The van der Waals surface area contributed by atoms with E-state index in [1.54, 1.807) is 0 Å². The average molecular weight is 255 g/mol. The van der Waals surface area contributed by atoms with Gasteiger partial charge in [-0.25, -0.2) is 4.79 Å². The summed E-state index contributed by atoms with van der Waals surface area (Å²) in [6.07, 6.45) is 0. The first-order valence-electron chi connectivity index (χ1n) is 6.44. The number of likely N-dealkylation sites (tertiary alicyclic amines) is 1. The maximum atomic E-state index is 11.6. The van der Waals surface area contributed by atoms with Crippen molar-refractivity contribution in [2.45, 2.75) is 6.92 Å². The third-order valence-corrected chi connectivity index (χ3v) is 3.82. The van der Waals surface area contributed by atoms with E-state index >= 15 is 0 Å². The van der Waals surface area contributed by atoms with Gasteiger partial charge in [0.1, 0.15) is 0 Å². The van der Waals surface area contributed by atoms with Gasteiger partial charge in [0.25, 0.3) is 0 Å². The molecule has 6 heteroatoms. The molecule has 2 saturated heterocycles. The summed E-state index contributed by atoms with van der Waals surface area (Å²) in [6.45, 7) is 6.78. The molecular formula is C12H21N3O3. The first-order chi connectivity index (χ1) is 8.61. The molecule has 2 rings (SSSR count). The predicted molar refractivity (Wildman–Crippen MR) is 66.1 cm³/mol. The van der Waals surface area contributed by atoms with Crippen molar-refractivity contribution in [3.8, 4) is 0 Å². The summed E-state index contributed by atoms with van der Waals surface area (Å²) in [4.78, 5) is 27.0. The number of hydrogen-bond donors (Lipinski definition) is 1. The monoisotopic (exact) mass is 255 g/mol. The fraction of sp³-hybridized carbons (Fsp3) is 0.833. The van der Waals surface area contributed by atoms with E-state index in [1.807, 2.05) is 4.90 Å². The molecule has 0 saturated carbocycles. The smallest absolute Gasteiger partial charge is 0.317 e. The Morgan fingerprint density at radius 2 is 2.22 bits per heavy atom. The van der Waals surface area contributed by atoms with Crippen LogP contribution in [0, 0.1) is 11.8 Å². The van der Waals surface area contributed by atoms with Gasteiger partial charge in [-0.2, -0.15) is 0 Å². The number of hydrogen-bond acceptors (Lipinski definition) is 4. The molecule has 0 aliphatic carbocycles. The van der Waals surface area contributed by atoms with Crippen molar-refractivity contribution in [1.29, 1.82) is 0 Å². The van der Waals surface area contributed by atoms with Crippen LogP contribution < -0.4 is 5.32 Å². The van der Waals surface area contributed by atoms with E-state index in [-0.39, 0.29) is 17.9 Å². The number of nitrogens with zero attached hydrogens (tertiary/aromatic N) is 2. The summed E-state index contributed by atoms with van der Waals surface area (Å²) in [5, 5.41) is 2.78. The Morgan fingerprint density at radius 3 is 2.83 bits per heavy atom. The molecule has 2 fully saturated rings. The number of ether oxygens (including phenoxy) is 1. The van der Waals surface area contributed by atoms with Gasteiger partial charge in [-0.1, -0.05) is 6.92 Å². The topological polar surface area (TPSA) is 61.9 Å². The summed E-state index contributed by atoms with van der Waals surface area (Å²) < 4.78 is 4.81. The van der Waals surface area contributed by atoms with Crippen molar-refractivity contribution in [3.05, 3.63) is 0 Å². The number of carbonyl (C=O) groups excluding carboxylic acids is 2. The molecule has 18 heavy (non-hydrogen) atoms. The third-order valence-electron chi connectivity index (χ3n) is 3.82. The lowest BCUT2D eigenvalue weighted by molar-refractivity contribution is -0.146. The maximum absolute atomic E-state index is 11.6. The predicted octanol–water partition coefficient (Wildman–Crippen LogP) is -0.247. The second kappa shape index (κ2) is 5.56. The van der Waals surface area contributed by atoms with Crippen LogP contribution in [0.1, 0.15) is 6.92 Å². The van der Waals surface area contributed by atoms with E-state index in [2.05, 4.69) is 17.1 Å². The Hall–Kier alpha value is -1.30. The van der Waals surface area contributed by atoms with E-state index < -0.39 is 0 Å². The van der Waals surface area contributed by atoms with Crippen LogP contribution in [0.5, 0.6) is 0 Å².